The van der Waals surface area contributed by atoms with Crippen LogP contribution in [0.4, 0.5) is 5.69 Å². The lowest BCUT2D eigenvalue weighted by Gasteiger charge is -2.39. The first-order valence-electron chi connectivity index (χ1n) is 6.17. The Morgan fingerprint density at radius 3 is 2.50 bits per heavy atom. The fourth-order valence-electron chi connectivity index (χ4n) is 2.34. The number of carbonyl (C=O) groups is 1. The molecule has 0 amide bonds. The van der Waals surface area contributed by atoms with Crippen molar-refractivity contribution in [2.24, 2.45) is 5.41 Å². The van der Waals surface area contributed by atoms with Gasteiger partial charge in [0, 0.05) is 13.1 Å². The number of hydrogen-bond donors (Lipinski definition) is 1. The normalized spacial score (nSPS) is 18.7. The van der Waals surface area contributed by atoms with Crippen LogP contribution in [0, 0.1) is 5.41 Å². The van der Waals surface area contributed by atoms with Gasteiger partial charge in [-0.2, -0.15) is 0 Å². The van der Waals surface area contributed by atoms with Crippen LogP contribution in [0.1, 0.15) is 37.0 Å². The molecule has 0 spiro atoms. The molecule has 0 saturated carbocycles. The van der Waals surface area contributed by atoms with E-state index in [2.05, 4.69) is 18.7 Å². The van der Waals surface area contributed by atoms with Crippen LogP contribution in [0.15, 0.2) is 18.2 Å². The van der Waals surface area contributed by atoms with Gasteiger partial charge in [-0.3, -0.25) is 0 Å². The Hall–Kier alpha value is -1.22. The van der Waals surface area contributed by atoms with E-state index >= 15 is 0 Å². The molecular formula is C14H18ClNO2. The van der Waals surface area contributed by atoms with Gasteiger partial charge in [-0.1, -0.05) is 31.5 Å². The predicted octanol–water partition coefficient (Wildman–Crippen LogP) is 3.66. The number of para-hydroxylation sites is 1. The van der Waals surface area contributed by atoms with E-state index in [1.54, 1.807) is 18.2 Å². The maximum Gasteiger partial charge on any atom is 0.337 e. The zero-order valence-corrected chi connectivity index (χ0v) is 11.5. The fourth-order valence-corrected chi connectivity index (χ4v) is 2.64. The Morgan fingerprint density at radius 2 is 1.94 bits per heavy atom. The minimum absolute atomic E-state index is 0.294. The molecule has 1 aliphatic heterocycles. The van der Waals surface area contributed by atoms with Crippen molar-refractivity contribution in [2.75, 3.05) is 18.0 Å². The molecule has 1 fully saturated rings. The van der Waals surface area contributed by atoms with Crippen molar-refractivity contribution in [1.29, 1.82) is 0 Å². The summed E-state index contributed by atoms with van der Waals surface area (Å²) < 4.78 is 0. The van der Waals surface area contributed by atoms with Crippen molar-refractivity contribution in [2.45, 2.75) is 26.7 Å². The van der Waals surface area contributed by atoms with Gasteiger partial charge in [-0.05, 0) is 30.4 Å². The summed E-state index contributed by atoms with van der Waals surface area (Å²) in [5.74, 6) is -0.919. The number of piperidine rings is 1. The zero-order chi connectivity index (χ0) is 13.3. The summed E-state index contributed by atoms with van der Waals surface area (Å²) in [5.41, 5.74) is 1.30. The molecule has 0 atom stereocenters. The van der Waals surface area contributed by atoms with E-state index in [4.69, 9.17) is 11.6 Å². The lowest BCUT2D eigenvalue weighted by molar-refractivity contribution is 0.0697. The van der Waals surface area contributed by atoms with Crippen molar-refractivity contribution in [1.82, 2.24) is 0 Å². The molecule has 98 valence electrons. The fraction of sp³-hybridized carbons (Fsp3) is 0.500. The third-order valence-corrected chi connectivity index (χ3v) is 3.96. The summed E-state index contributed by atoms with van der Waals surface area (Å²) in [4.78, 5) is 13.4. The van der Waals surface area contributed by atoms with Gasteiger partial charge in [-0.15, -0.1) is 0 Å². The highest BCUT2D eigenvalue weighted by molar-refractivity contribution is 6.34. The van der Waals surface area contributed by atoms with Crippen molar-refractivity contribution < 1.29 is 9.90 Å². The average molecular weight is 268 g/mol. The summed E-state index contributed by atoms with van der Waals surface area (Å²) in [6.07, 6.45) is 2.11. The summed E-state index contributed by atoms with van der Waals surface area (Å²) in [6, 6.07) is 5.05. The van der Waals surface area contributed by atoms with Crippen LogP contribution in [0.5, 0.6) is 0 Å². The Balaban J connectivity index is 2.31. The van der Waals surface area contributed by atoms with Crippen LogP contribution >= 0.6 is 11.6 Å². The molecule has 0 unspecified atom stereocenters. The first-order valence-corrected chi connectivity index (χ1v) is 6.55. The molecule has 1 N–H and O–H groups in total. The third kappa shape index (κ3) is 2.61. The van der Waals surface area contributed by atoms with E-state index in [1.165, 1.54) is 0 Å². The minimum atomic E-state index is -0.919. The van der Waals surface area contributed by atoms with E-state index in [-0.39, 0.29) is 0 Å². The Bertz CT molecular complexity index is 461. The van der Waals surface area contributed by atoms with Gasteiger partial charge < -0.3 is 10.0 Å². The molecular weight excluding hydrogens is 250 g/mol. The van der Waals surface area contributed by atoms with Gasteiger partial charge in [-0.25, -0.2) is 4.79 Å². The number of nitrogens with zero attached hydrogens (tertiary/aromatic N) is 1. The van der Waals surface area contributed by atoms with Crippen molar-refractivity contribution in [3.8, 4) is 0 Å². The smallest absolute Gasteiger partial charge is 0.337 e. The molecule has 0 aromatic heterocycles. The van der Waals surface area contributed by atoms with Gasteiger partial charge in [0.2, 0.25) is 0 Å². The van der Waals surface area contributed by atoms with Crippen LogP contribution in [-0.4, -0.2) is 24.2 Å². The number of halogens is 1. The highest BCUT2D eigenvalue weighted by Gasteiger charge is 2.28. The van der Waals surface area contributed by atoms with Crippen LogP contribution in [-0.2, 0) is 0 Å². The van der Waals surface area contributed by atoms with Gasteiger partial charge in [0.15, 0.2) is 0 Å². The maximum atomic E-state index is 11.3. The van der Waals surface area contributed by atoms with Crippen molar-refractivity contribution in [3.63, 3.8) is 0 Å². The number of rotatable bonds is 2. The second kappa shape index (κ2) is 4.81. The first-order chi connectivity index (χ1) is 8.41. The SMILES string of the molecule is CC1(C)CCN(c2c(Cl)cccc2C(=O)O)CC1. The molecule has 1 heterocycles. The van der Waals surface area contributed by atoms with Crippen LogP contribution in [0.25, 0.3) is 0 Å². The van der Waals surface area contributed by atoms with Crippen molar-refractivity contribution in [3.05, 3.63) is 28.8 Å². The molecule has 18 heavy (non-hydrogen) atoms. The van der Waals surface area contributed by atoms with E-state index < -0.39 is 5.97 Å². The second-order valence-corrected chi connectivity index (χ2v) is 6.00. The predicted molar refractivity (Wildman–Crippen MR) is 73.6 cm³/mol. The first kappa shape index (κ1) is 13.2. The average Bonchev–Trinajstić information content (AvgIpc) is 2.29. The van der Waals surface area contributed by atoms with E-state index in [0.29, 0.717) is 21.7 Å². The number of benzene rings is 1. The molecule has 1 aliphatic rings. The molecule has 1 aromatic carbocycles. The van der Waals surface area contributed by atoms with Crippen molar-refractivity contribution >= 4 is 23.3 Å². The molecule has 0 bridgehead atoms. The number of carboxylic acid groups (broad SMARTS) is 1. The third-order valence-electron chi connectivity index (χ3n) is 3.65. The standard InChI is InChI=1S/C14H18ClNO2/c1-14(2)6-8-16(9-7-14)12-10(13(17)18)4-3-5-11(12)15/h3-5H,6-9H2,1-2H3,(H,17,18). The number of carboxylic acids is 1. The molecule has 2 rings (SSSR count). The van der Waals surface area contributed by atoms with Gasteiger partial charge in [0.05, 0.1) is 16.3 Å². The molecule has 4 heteroatoms. The van der Waals surface area contributed by atoms with Crippen LogP contribution < -0.4 is 4.90 Å². The maximum absolute atomic E-state index is 11.3. The summed E-state index contributed by atoms with van der Waals surface area (Å²) in [6.45, 7) is 6.21. The number of aromatic carboxylic acids is 1. The second-order valence-electron chi connectivity index (χ2n) is 5.59. The van der Waals surface area contributed by atoms with Gasteiger partial charge in [0.1, 0.15) is 0 Å². The monoisotopic (exact) mass is 267 g/mol. The van der Waals surface area contributed by atoms with E-state index in [1.807, 2.05) is 0 Å². The number of hydrogen-bond acceptors (Lipinski definition) is 2. The summed E-state index contributed by atoms with van der Waals surface area (Å²) >= 11 is 6.17. The Labute approximate surface area is 112 Å². The molecule has 0 radical (unpaired) electrons. The largest absolute Gasteiger partial charge is 0.478 e. The Kier molecular flexibility index (Phi) is 3.53. The zero-order valence-electron chi connectivity index (χ0n) is 10.7. The van der Waals surface area contributed by atoms with Crippen LogP contribution in [0.3, 0.4) is 0 Å². The lowest BCUT2D eigenvalue weighted by atomic mass is 9.82. The minimum Gasteiger partial charge on any atom is -0.478 e. The van der Waals surface area contributed by atoms with Crippen LogP contribution in [0.2, 0.25) is 5.02 Å². The summed E-state index contributed by atoms with van der Waals surface area (Å²) in [5, 5.41) is 9.76. The lowest BCUT2D eigenvalue weighted by Crippen LogP contribution is -2.38. The molecule has 1 saturated heterocycles. The highest BCUT2D eigenvalue weighted by atomic mass is 35.5. The Morgan fingerprint density at radius 1 is 1.33 bits per heavy atom. The van der Waals surface area contributed by atoms with Gasteiger partial charge >= 0.3 is 5.97 Å². The quantitative estimate of drug-likeness (QED) is 0.889. The topological polar surface area (TPSA) is 40.5 Å². The molecule has 1 aromatic rings. The highest BCUT2D eigenvalue weighted by Crippen LogP contribution is 2.36. The summed E-state index contributed by atoms with van der Waals surface area (Å²) in [7, 11) is 0. The van der Waals surface area contributed by atoms with E-state index in [0.717, 1.165) is 25.9 Å². The number of anilines is 1. The van der Waals surface area contributed by atoms with Gasteiger partial charge in [0.25, 0.3) is 0 Å². The van der Waals surface area contributed by atoms with E-state index in [9.17, 15) is 9.90 Å². The molecule has 0 aliphatic carbocycles. The molecule has 3 nitrogen and oxygen atoms in total.